The molecule has 200 valence electrons. The molecule has 6 rings (SSSR count). The van der Waals surface area contributed by atoms with Crippen LogP contribution in [-0.4, -0.2) is 39.6 Å². The fourth-order valence-corrected chi connectivity index (χ4v) is 7.52. The first kappa shape index (κ1) is 26.3. The molecular formula is C30H41ClN4O2. The summed E-state index contributed by atoms with van der Waals surface area (Å²) in [5, 5.41) is 8.42. The summed E-state index contributed by atoms with van der Waals surface area (Å²) < 4.78 is 1.71. The molecule has 7 heteroatoms. The second kappa shape index (κ2) is 10.1. The fourth-order valence-electron chi connectivity index (χ4n) is 7.31. The van der Waals surface area contributed by atoms with Gasteiger partial charge in [-0.05, 0) is 74.8 Å². The molecule has 4 saturated carbocycles. The third-order valence-electron chi connectivity index (χ3n) is 8.72. The molecule has 0 saturated heterocycles. The van der Waals surface area contributed by atoms with E-state index in [-0.39, 0.29) is 29.2 Å². The lowest BCUT2D eigenvalue weighted by atomic mass is 9.49. The van der Waals surface area contributed by atoms with Crippen molar-refractivity contribution in [1.29, 1.82) is 0 Å². The molecular weight excluding hydrogens is 484 g/mol. The number of nitrogens with zero attached hydrogens (tertiary/aromatic N) is 3. The lowest BCUT2D eigenvalue weighted by Gasteiger charge is -2.56. The van der Waals surface area contributed by atoms with Gasteiger partial charge in [0, 0.05) is 18.0 Å². The summed E-state index contributed by atoms with van der Waals surface area (Å²) in [5.74, 6) is 2.67. The first-order valence-electron chi connectivity index (χ1n) is 14.0. The smallest absolute Gasteiger partial charge is 0.245 e. The van der Waals surface area contributed by atoms with Gasteiger partial charge in [0.15, 0.2) is 0 Å². The van der Waals surface area contributed by atoms with Crippen LogP contribution in [0.15, 0.2) is 30.3 Å². The molecule has 0 unspecified atom stereocenters. The zero-order chi connectivity index (χ0) is 26.4. The van der Waals surface area contributed by atoms with Crippen LogP contribution >= 0.6 is 11.6 Å². The number of unbranched alkanes of at least 4 members (excludes halogenated alkanes) is 1. The predicted molar refractivity (Wildman–Crippen MR) is 148 cm³/mol. The molecule has 2 amide bonds. The summed E-state index contributed by atoms with van der Waals surface area (Å²) in [5.41, 5.74) is 1.12. The number of rotatable bonds is 8. The van der Waals surface area contributed by atoms with Crippen LogP contribution in [-0.2, 0) is 15.0 Å². The average molecular weight is 525 g/mol. The number of halogens is 1. The van der Waals surface area contributed by atoms with Gasteiger partial charge < -0.3 is 10.2 Å². The Morgan fingerprint density at radius 3 is 2.30 bits per heavy atom. The Morgan fingerprint density at radius 2 is 1.73 bits per heavy atom. The van der Waals surface area contributed by atoms with Gasteiger partial charge >= 0.3 is 0 Å². The topological polar surface area (TPSA) is 67.2 Å². The molecule has 0 atom stereocenters. The van der Waals surface area contributed by atoms with Gasteiger partial charge in [0.25, 0.3) is 0 Å². The Labute approximate surface area is 226 Å². The maximum absolute atomic E-state index is 14.1. The highest BCUT2D eigenvalue weighted by molar-refractivity contribution is 6.32. The van der Waals surface area contributed by atoms with Gasteiger partial charge in [0.05, 0.1) is 28.4 Å². The lowest BCUT2D eigenvalue weighted by molar-refractivity contribution is -0.158. The van der Waals surface area contributed by atoms with E-state index in [2.05, 4.69) is 33.0 Å². The summed E-state index contributed by atoms with van der Waals surface area (Å²) in [6.07, 6.45) is 8.80. The number of carbonyl (C=O) groups is 2. The molecule has 1 aromatic heterocycles. The second-order valence-corrected chi connectivity index (χ2v) is 13.3. The van der Waals surface area contributed by atoms with E-state index in [0.717, 1.165) is 37.8 Å². The molecule has 6 nitrogen and oxygen atoms in total. The number of anilines is 1. The van der Waals surface area contributed by atoms with E-state index in [1.54, 1.807) is 4.68 Å². The molecule has 37 heavy (non-hydrogen) atoms. The van der Waals surface area contributed by atoms with Crippen molar-refractivity contribution in [3.63, 3.8) is 0 Å². The van der Waals surface area contributed by atoms with Crippen LogP contribution < -0.4 is 5.32 Å². The highest BCUT2D eigenvalue weighted by Gasteiger charge is 2.55. The van der Waals surface area contributed by atoms with Crippen LogP contribution in [0.1, 0.15) is 84.8 Å². The van der Waals surface area contributed by atoms with E-state index in [9.17, 15) is 9.59 Å². The Kier molecular flexibility index (Phi) is 7.16. The van der Waals surface area contributed by atoms with Gasteiger partial charge in [0.2, 0.25) is 11.8 Å². The monoisotopic (exact) mass is 524 g/mol. The molecule has 4 aliphatic carbocycles. The van der Waals surface area contributed by atoms with Gasteiger partial charge in [-0.1, -0.05) is 57.8 Å². The van der Waals surface area contributed by atoms with Crippen LogP contribution in [0.5, 0.6) is 0 Å². The van der Waals surface area contributed by atoms with Gasteiger partial charge in [-0.2, -0.15) is 5.10 Å². The normalized spacial score (nSPS) is 26.4. The Balaban J connectivity index is 1.37. The Morgan fingerprint density at radius 1 is 1.11 bits per heavy atom. The molecule has 1 N–H and O–H groups in total. The number of hydrogen-bond acceptors (Lipinski definition) is 3. The number of para-hydroxylation sites is 1. The third kappa shape index (κ3) is 5.32. The van der Waals surface area contributed by atoms with E-state index in [1.165, 1.54) is 19.3 Å². The van der Waals surface area contributed by atoms with Crippen molar-refractivity contribution in [2.45, 2.75) is 84.5 Å². The van der Waals surface area contributed by atoms with Crippen LogP contribution in [0.25, 0.3) is 5.69 Å². The summed E-state index contributed by atoms with van der Waals surface area (Å²) in [6.45, 7) is 9.10. The lowest BCUT2D eigenvalue weighted by Crippen LogP contribution is -2.55. The largest absolute Gasteiger partial charge is 0.333 e. The first-order chi connectivity index (χ1) is 17.6. The van der Waals surface area contributed by atoms with E-state index < -0.39 is 0 Å². The minimum absolute atomic E-state index is 0.0686. The number of aromatic nitrogens is 2. The number of nitrogens with one attached hydrogen (secondary N) is 1. The standard InChI is InChI=1S/C30H41ClN4O2/c1-5-6-11-34(28(37)30-16-20-12-21(17-30)14-22(13-20)18-30)19-27(36)32-26-15-25(29(2,3)4)33-35(26)24-10-8-7-9-23(24)31/h7-10,15,20-22H,5-6,11-14,16-19H2,1-4H3,(H,32,36). The van der Waals surface area contributed by atoms with Crippen molar-refractivity contribution in [3.05, 3.63) is 41.0 Å². The van der Waals surface area contributed by atoms with Crippen LogP contribution in [0, 0.1) is 23.2 Å². The minimum atomic E-state index is -0.248. The summed E-state index contributed by atoms with van der Waals surface area (Å²) in [7, 11) is 0. The zero-order valence-electron chi connectivity index (χ0n) is 22.7. The van der Waals surface area contributed by atoms with Crippen molar-refractivity contribution < 1.29 is 9.59 Å². The summed E-state index contributed by atoms with van der Waals surface area (Å²) in [6, 6.07) is 9.40. The first-order valence-corrected chi connectivity index (χ1v) is 14.4. The molecule has 0 aliphatic heterocycles. The van der Waals surface area contributed by atoms with Gasteiger partial charge in [-0.25, -0.2) is 4.68 Å². The fraction of sp³-hybridized carbons (Fsp3) is 0.633. The predicted octanol–water partition coefficient (Wildman–Crippen LogP) is 6.61. The second-order valence-electron chi connectivity index (χ2n) is 12.9. The van der Waals surface area contributed by atoms with Gasteiger partial charge in [0.1, 0.15) is 5.82 Å². The third-order valence-corrected chi connectivity index (χ3v) is 9.04. The van der Waals surface area contributed by atoms with Crippen LogP contribution in [0.4, 0.5) is 5.82 Å². The van der Waals surface area contributed by atoms with E-state index >= 15 is 0 Å². The quantitative estimate of drug-likeness (QED) is 0.422. The Hall–Kier alpha value is -2.34. The number of benzene rings is 1. The number of hydrogen-bond donors (Lipinski definition) is 1. The Bertz CT molecular complexity index is 1130. The van der Waals surface area contributed by atoms with E-state index in [1.807, 2.05) is 35.2 Å². The average Bonchev–Trinajstić information content (AvgIpc) is 3.24. The van der Waals surface area contributed by atoms with Crippen molar-refractivity contribution >= 4 is 29.2 Å². The minimum Gasteiger partial charge on any atom is -0.333 e. The number of carbonyl (C=O) groups excluding carboxylic acids is 2. The van der Waals surface area contributed by atoms with E-state index in [4.69, 9.17) is 16.7 Å². The molecule has 1 heterocycles. The van der Waals surface area contributed by atoms with E-state index in [0.29, 0.717) is 40.8 Å². The molecule has 2 aromatic rings. The van der Waals surface area contributed by atoms with Crippen molar-refractivity contribution in [1.82, 2.24) is 14.7 Å². The van der Waals surface area contributed by atoms with Gasteiger partial charge in [-0.15, -0.1) is 0 Å². The van der Waals surface area contributed by atoms with Crippen LogP contribution in [0.2, 0.25) is 5.02 Å². The molecule has 0 radical (unpaired) electrons. The highest BCUT2D eigenvalue weighted by Crippen LogP contribution is 2.60. The molecule has 4 aliphatic rings. The van der Waals surface area contributed by atoms with Crippen molar-refractivity contribution in [3.8, 4) is 5.69 Å². The highest BCUT2D eigenvalue weighted by atomic mass is 35.5. The van der Waals surface area contributed by atoms with Crippen molar-refractivity contribution in [2.24, 2.45) is 23.2 Å². The molecule has 4 bridgehead atoms. The SMILES string of the molecule is CCCCN(CC(=O)Nc1cc(C(C)(C)C)nn1-c1ccccc1Cl)C(=O)C12CC3CC(CC(C3)C1)C2. The van der Waals surface area contributed by atoms with Gasteiger partial charge in [-0.3, -0.25) is 9.59 Å². The number of amides is 2. The van der Waals surface area contributed by atoms with Crippen molar-refractivity contribution in [2.75, 3.05) is 18.4 Å². The molecule has 0 spiro atoms. The maximum Gasteiger partial charge on any atom is 0.245 e. The zero-order valence-corrected chi connectivity index (χ0v) is 23.5. The molecule has 4 fully saturated rings. The summed E-state index contributed by atoms with van der Waals surface area (Å²) in [4.78, 5) is 29.4. The van der Waals surface area contributed by atoms with Crippen LogP contribution in [0.3, 0.4) is 0 Å². The molecule has 1 aromatic carbocycles. The summed E-state index contributed by atoms with van der Waals surface area (Å²) >= 11 is 6.50. The maximum atomic E-state index is 14.1.